The Morgan fingerprint density at radius 2 is 1.65 bits per heavy atom. The molecule has 2 aromatic rings. The Morgan fingerprint density at radius 1 is 0.962 bits per heavy atom. The summed E-state index contributed by atoms with van der Waals surface area (Å²) in [4.78, 5) is 14.3. The molecule has 3 rings (SSSR count). The van der Waals surface area contributed by atoms with Crippen molar-refractivity contribution in [3.8, 4) is 0 Å². The van der Waals surface area contributed by atoms with Gasteiger partial charge in [0.1, 0.15) is 5.82 Å². The standard InChI is InChI=1S/C18H18ClFN2O3S/c19-17-5-2-1-4-16(17)18(23)21-10-3-11-22(13-12-21)26(24,25)15-8-6-14(20)7-9-15/h1-2,4-9H,3,10-13H2. The van der Waals surface area contributed by atoms with Gasteiger partial charge in [-0.3, -0.25) is 4.79 Å². The van der Waals surface area contributed by atoms with E-state index < -0.39 is 15.8 Å². The topological polar surface area (TPSA) is 57.7 Å². The number of halogens is 2. The minimum Gasteiger partial charge on any atom is -0.337 e. The van der Waals surface area contributed by atoms with E-state index in [9.17, 15) is 17.6 Å². The van der Waals surface area contributed by atoms with Gasteiger partial charge in [-0.2, -0.15) is 4.31 Å². The first kappa shape index (κ1) is 18.8. The largest absolute Gasteiger partial charge is 0.337 e. The average molecular weight is 397 g/mol. The second kappa shape index (κ2) is 7.73. The van der Waals surface area contributed by atoms with Gasteiger partial charge in [-0.15, -0.1) is 0 Å². The molecule has 0 bridgehead atoms. The number of benzene rings is 2. The average Bonchev–Trinajstić information content (AvgIpc) is 2.89. The zero-order valence-corrected chi connectivity index (χ0v) is 15.5. The fourth-order valence-corrected chi connectivity index (χ4v) is 4.58. The van der Waals surface area contributed by atoms with Gasteiger partial charge in [0.15, 0.2) is 0 Å². The molecular formula is C18H18ClFN2O3S. The second-order valence-electron chi connectivity index (χ2n) is 5.98. The highest BCUT2D eigenvalue weighted by molar-refractivity contribution is 7.89. The summed E-state index contributed by atoms with van der Waals surface area (Å²) in [6.07, 6.45) is 0.511. The van der Waals surface area contributed by atoms with Crippen molar-refractivity contribution in [3.05, 3.63) is 64.9 Å². The highest BCUT2D eigenvalue weighted by Crippen LogP contribution is 2.21. The summed E-state index contributed by atoms with van der Waals surface area (Å²) < 4.78 is 39.8. The van der Waals surface area contributed by atoms with Gasteiger partial charge in [0.05, 0.1) is 15.5 Å². The minimum atomic E-state index is -3.72. The van der Waals surface area contributed by atoms with Crippen LogP contribution in [0.15, 0.2) is 53.4 Å². The predicted octanol–water partition coefficient (Wildman–Crippen LogP) is 3.02. The third-order valence-electron chi connectivity index (χ3n) is 4.30. The fraction of sp³-hybridized carbons (Fsp3) is 0.278. The first-order valence-corrected chi connectivity index (χ1v) is 10.0. The molecule has 1 aliphatic rings. The highest BCUT2D eigenvalue weighted by Gasteiger charge is 2.29. The van der Waals surface area contributed by atoms with Crippen molar-refractivity contribution in [3.63, 3.8) is 0 Å². The minimum absolute atomic E-state index is 0.0461. The second-order valence-corrected chi connectivity index (χ2v) is 8.33. The van der Waals surface area contributed by atoms with E-state index in [0.29, 0.717) is 30.1 Å². The molecule has 1 amide bonds. The first-order chi connectivity index (χ1) is 12.4. The Morgan fingerprint density at radius 3 is 2.35 bits per heavy atom. The third kappa shape index (κ3) is 3.90. The van der Waals surface area contributed by atoms with Crippen LogP contribution < -0.4 is 0 Å². The van der Waals surface area contributed by atoms with Gasteiger partial charge in [0.25, 0.3) is 5.91 Å². The molecule has 0 saturated carbocycles. The van der Waals surface area contributed by atoms with E-state index >= 15 is 0 Å². The summed E-state index contributed by atoms with van der Waals surface area (Å²) in [7, 11) is -3.72. The number of amides is 1. The van der Waals surface area contributed by atoms with Crippen LogP contribution in [0.1, 0.15) is 16.8 Å². The molecule has 8 heteroatoms. The van der Waals surface area contributed by atoms with Crippen molar-refractivity contribution in [2.24, 2.45) is 0 Å². The zero-order valence-electron chi connectivity index (χ0n) is 13.9. The van der Waals surface area contributed by atoms with Crippen molar-refractivity contribution >= 4 is 27.5 Å². The maximum Gasteiger partial charge on any atom is 0.255 e. The quantitative estimate of drug-likeness (QED) is 0.801. The Labute approximate surface area is 157 Å². The molecular weight excluding hydrogens is 379 g/mol. The molecule has 0 aromatic heterocycles. The van der Waals surface area contributed by atoms with Crippen LogP contribution in [0.2, 0.25) is 5.02 Å². The summed E-state index contributed by atoms with van der Waals surface area (Å²) in [6, 6.07) is 11.5. The van der Waals surface area contributed by atoms with Crippen LogP contribution in [0.4, 0.5) is 4.39 Å². The van der Waals surface area contributed by atoms with E-state index in [1.165, 1.54) is 16.4 Å². The molecule has 1 aliphatic heterocycles. The maximum absolute atomic E-state index is 13.1. The van der Waals surface area contributed by atoms with Gasteiger partial charge in [-0.05, 0) is 42.8 Å². The number of carbonyl (C=O) groups is 1. The van der Waals surface area contributed by atoms with E-state index in [1.54, 1.807) is 29.2 Å². The summed E-state index contributed by atoms with van der Waals surface area (Å²) in [6.45, 7) is 1.19. The number of sulfonamides is 1. The molecule has 1 heterocycles. The monoisotopic (exact) mass is 396 g/mol. The van der Waals surface area contributed by atoms with Gasteiger partial charge in [-0.1, -0.05) is 23.7 Å². The summed E-state index contributed by atoms with van der Waals surface area (Å²) in [5.74, 6) is -0.701. The Kier molecular flexibility index (Phi) is 5.60. The van der Waals surface area contributed by atoms with Gasteiger partial charge >= 0.3 is 0 Å². The molecule has 5 nitrogen and oxygen atoms in total. The maximum atomic E-state index is 13.1. The van der Waals surface area contributed by atoms with Gasteiger partial charge in [-0.25, -0.2) is 12.8 Å². The molecule has 0 radical (unpaired) electrons. The van der Waals surface area contributed by atoms with Crippen LogP contribution in [0.3, 0.4) is 0 Å². The number of carbonyl (C=O) groups excluding carboxylic acids is 1. The molecule has 0 spiro atoms. The highest BCUT2D eigenvalue weighted by atomic mass is 35.5. The molecule has 0 atom stereocenters. The lowest BCUT2D eigenvalue weighted by Gasteiger charge is -2.22. The Bertz CT molecular complexity index is 903. The van der Waals surface area contributed by atoms with Crippen LogP contribution in [-0.4, -0.2) is 49.7 Å². The first-order valence-electron chi connectivity index (χ1n) is 8.19. The van der Waals surface area contributed by atoms with Crippen molar-refractivity contribution < 1.29 is 17.6 Å². The SMILES string of the molecule is O=C(c1ccccc1Cl)N1CCCN(S(=O)(=O)c2ccc(F)cc2)CC1. The van der Waals surface area contributed by atoms with Crippen LogP contribution in [0.25, 0.3) is 0 Å². The number of nitrogens with zero attached hydrogens (tertiary/aromatic N) is 2. The lowest BCUT2D eigenvalue weighted by molar-refractivity contribution is 0.0764. The molecule has 26 heavy (non-hydrogen) atoms. The molecule has 0 N–H and O–H groups in total. The molecule has 0 unspecified atom stereocenters. The molecule has 2 aromatic carbocycles. The number of rotatable bonds is 3. The molecule has 0 aliphatic carbocycles. The van der Waals surface area contributed by atoms with Crippen LogP contribution in [0, 0.1) is 5.82 Å². The van der Waals surface area contributed by atoms with Gasteiger partial charge in [0, 0.05) is 26.2 Å². The van der Waals surface area contributed by atoms with E-state index in [-0.39, 0.29) is 23.9 Å². The van der Waals surface area contributed by atoms with Crippen molar-refractivity contribution in [1.29, 1.82) is 0 Å². The van der Waals surface area contributed by atoms with Crippen molar-refractivity contribution in [1.82, 2.24) is 9.21 Å². The molecule has 138 valence electrons. The third-order valence-corrected chi connectivity index (χ3v) is 6.54. The normalized spacial score (nSPS) is 16.3. The van der Waals surface area contributed by atoms with Crippen LogP contribution in [-0.2, 0) is 10.0 Å². The van der Waals surface area contributed by atoms with Crippen molar-refractivity contribution in [2.45, 2.75) is 11.3 Å². The Balaban J connectivity index is 1.75. The molecule has 1 saturated heterocycles. The van der Waals surface area contributed by atoms with Gasteiger partial charge in [0.2, 0.25) is 10.0 Å². The summed E-state index contributed by atoms with van der Waals surface area (Å²) in [5, 5.41) is 0.373. The lowest BCUT2D eigenvalue weighted by atomic mass is 10.2. The van der Waals surface area contributed by atoms with Gasteiger partial charge < -0.3 is 4.90 Å². The van der Waals surface area contributed by atoms with Crippen LogP contribution in [0.5, 0.6) is 0 Å². The van der Waals surface area contributed by atoms with Crippen LogP contribution >= 0.6 is 11.6 Å². The smallest absolute Gasteiger partial charge is 0.255 e. The van der Waals surface area contributed by atoms with E-state index in [0.717, 1.165) is 12.1 Å². The van der Waals surface area contributed by atoms with E-state index in [1.807, 2.05) is 0 Å². The fourth-order valence-electron chi connectivity index (χ4n) is 2.90. The lowest BCUT2D eigenvalue weighted by Crippen LogP contribution is -2.37. The van der Waals surface area contributed by atoms with E-state index in [4.69, 9.17) is 11.6 Å². The number of hydrogen-bond acceptors (Lipinski definition) is 3. The Hall–Kier alpha value is -1.96. The predicted molar refractivity (Wildman–Crippen MR) is 97.1 cm³/mol. The molecule has 1 fully saturated rings. The van der Waals surface area contributed by atoms with Crippen molar-refractivity contribution in [2.75, 3.05) is 26.2 Å². The summed E-state index contributed by atoms with van der Waals surface area (Å²) in [5.41, 5.74) is 0.406. The van der Waals surface area contributed by atoms with E-state index in [2.05, 4.69) is 0 Å². The zero-order chi connectivity index (χ0) is 18.7. The number of hydrogen-bond donors (Lipinski definition) is 0. The summed E-state index contributed by atoms with van der Waals surface area (Å²) >= 11 is 6.09.